The molecule has 0 aliphatic heterocycles. The highest BCUT2D eigenvalue weighted by atomic mass is 32.2. The van der Waals surface area contributed by atoms with Crippen LogP contribution in [0.25, 0.3) is 0 Å². The van der Waals surface area contributed by atoms with Crippen molar-refractivity contribution in [2.45, 2.75) is 31.7 Å². The van der Waals surface area contributed by atoms with Gasteiger partial charge in [0.1, 0.15) is 0 Å². The van der Waals surface area contributed by atoms with Crippen molar-refractivity contribution in [1.82, 2.24) is 5.32 Å². The number of benzene rings is 2. The maximum absolute atomic E-state index is 11.9. The van der Waals surface area contributed by atoms with Gasteiger partial charge in [0, 0.05) is 37.0 Å². The van der Waals surface area contributed by atoms with E-state index in [0.29, 0.717) is 12.3 Å². The first-order valence-electron chi connectivity index (χ1n) is 9.24. The van der Waals surface area contributed by atoms with Crippen molar-refractivity contribution in [1.29, 1.82) is 0 Å². The highest BCUT2D eigenvalue weighted by molar-refractivity contribution is 7.99. The van der Waals surface area contributed by atoms with Crippen molar-refractivity contribution >= 4 is 29.3 Å². The van der Waals surface area contributed by atoms with Gasteiger partial charge in [-0.25, -0.2) is 0 Å². The fraction of sp³-hybridized carbons (Fsp3) is 0.364. The first kappa shape index (κ1) is 21.8. The summed E-state index contributed by atoms with van der Waals surface area (Å²) in [6, 6.07) is 14.2. The molecule has 6 heteroatoms. The smallest absolute Gasteiger partial charge is 0.307 e. The van der Waals surface area contributed by atoms with Crippen LogP contribution in [0.15, 0.2) is 47.4 Å². The summed E-state index contributed by atoms with van der Waals surface area (Å²) in [5.74, 6) is -0.0325. The largest absolute Gasteiger partial charge is 0.456 e. The average molecular weight is 401 g/mol. The topological polar surface area (TPSA) is 58.6 Å². The number of hydrogen-bond acceptors (Lipinski definition) is 5. The first-order valence-corrected chi connectivity index (χ1v) is 10.2. The van der Waals surface area contributed by atoms with Crippen LogP contribution in [0.2, 0.25) is 0 Å². The Bertz CT molecular complexity index is 804. The van der Waals surface area contributed by atoms with E-state index in [-0.39, 0.29) is 24.9 Å². The molecule has 0 aliphatic carbocycles. The van der Waals surface area contributed by atoms with E-state index < -0.39 is 0 Å². The lowest BCUT2D eigenvalue weighted by Crippen LogP contribution is -2.28. The van der Waals surface area contributed by atoms with Gasteiger partial charge < -0.3 is 15.0 Å². The number of hydrogen-bond donors (Lipinski definition) is 1. The normalized spacial score (nSPS) is 10.4. The zero-order valence-corrected chi connectivity index (χ0v) is 17.8. The molecule has 0 aliphatic rings. The van der Waals surface area contributed by atoms with Crippen molar-refractivity contribution in [2.24, 2.45) is 0 Å². The second kappa shape index (κ2) is 10.8. The molecule has 0 spiro atoms. The number of carbonyl (C=O) groups excluding carboxylic acids is 2. The number of anilines is 1. The Morgan fingerprint density at radius 3 is 2.39 bits per heavy atom. The number of carbonyl (C=O) groups is 2. The third-order valence-electron chi connectivity index (χ3n) is 4.36. The Labute approximate surface area is 171 Å². The van der Waals surface area contributed by atoms with Gasteiger partial charge in [-0.2, -0.15) is 0 Å². The van der Waals surface area contributed by atoms with Gasteiger partial charge in [-0.15, -0.1) is 11.8 Å². The Morgan fingerprint density at radius 1 is 1.04 bits per heavy atom. The van der Waals surface area contributed by atoms with E-state index in [1.54, 1.807) is 11.8 Å². The summed E-state index contributed by atoms with van der Waals surface area (Å²) < 4.78 is 5.05. The van der Waals surface area contributed by atoms with E-state index in [1.165, 1.54) is 11.1 Å². The molecule has 28 heavy (non-hydrogen) atoms. The summed E-state index contributed by atoms with van der Waals surface area (Å²) in [7, 11) is 3.96. The molecule has 2 aromatic carbocycles. The number of ether oxygens (including phenoxy) is 1. The molecule has 0 saturated carbocycles. The van der Waals surface area contributed by atoms with Crippen molar-refractivity contribution < 1.29 is 14.3 Å². The highest BCUT2D eigenvalue weighted by Gasteiger charge is 2.08. The van der Waals surface area contributed by atoms with E-state index >= 15 is 0 Å². The summed E-state index contributed by atoms with van der Waals surface area (Å²) in [5, 5.41) is 2.76. The van der Waals surface area contributed by atoms with Gasteiger partial charge in [0.05, 0.1) is 6.42 Å². The Morgan fingerprint density at radius 2 is 1.75 bits per heavy atom. The number of nitrogens with one attached hydrogen (secondary N) is 1. The second-order valence-corrected chi connectivity index (χ2v) is 8.01. The number of thioether (sulfide) groups is 1. The molecule has 0 heterocycles. The average Bonchev–Trinajstić information content (AvgIpc) is 2.67. The standard InChI is InChI=1S/C22H28N2O3S/c1-16-5-10-20(13-17(16)2)28-12-11-22(26)27-15-21(25)23-14-18-6-8-19(9-7-18)24(3)4/h5-10,13H,11-12,14-15H2,1-4H3,(H,23,25). The lowest BCUT2D eigenvalue weighted by atomic mass is 10.1. The van der Waals surface area contributed by atoms with E-state index in [4.69, 9.17) is 4.74 Å². The fourth-order valence-corrected chi connectivity index (χ4v) is 3.37. The molecule has 2 aromatic rings. The summed E-state index contributed by atoms with van der Waals surface area (Å²) >= 11 is 1.61. The van der Waals surface area contributed by atoms with E-state index in [1.807, 2.05) is 43.3 Å². The van der Waals surface area contributed by atoms with Crippen LogP contribution >= 0.6 is 11.8 Å². The van der Waals surface area contributed by atoms with E-state index in [9.17, 15) is 9.59 Å². The summed E-state index contributed by atoms with van der Waals surface area (Å²) in [6.07, 6.45) is 0.275. The SMILES string of the molecule is Cc1ccc(SCCC(=O)OCC(=O)NCc2ccc(N(C)C)cc2)cc1C. The van der Waals surface area contributed by atoms with Gasteiger partial charge in [-0.1, -0.05) is 18.2 Å². The van der Waals surface area contributed by atoms with Gasteiger partial charge in [0.25, 0.3) is 5.91 Å². The molecule has 1 N–H and O–H groups in total. The molecule has 0 atom stereocenters. The Balaban J connectivity index is 1.63. The zero-order valence-electron chi connectivity index (χ0n) is 17.0. The molecule has 0 saturated heterocycles. The number of amides is 1. The van der Waals surface area contributed by atoms with Crippen LogP contribution in [0, 0.1) is 13.8 Å². The van der Waals surface area contributed by atoms with E-state index in [0.717, 1.165) is 16.1 Å². The number of esters is 1. The van der Waals surface area contributed by atoms with E-state index in [2.05, 4.69) is 37.4 Å². The van der Waals surface area contributed by atoms with Gasteiger partial charge in [-0.3, -0.25) is 9.59 Å². The molecular weight excluding hydrogens is 372 g/mol. The predicted octanol–water partition coefficient (Wildman–Crippen LogP) is 3.71. The van der Waals surface area contributed by atoms with Gasteiger partial charge in [0.2, 0.25) is 0 Å². The lowest BCUT2D eigenvalue weighted by molar-refractivity contribution is -0.148. The molecule has 0 aromatic heterocycles. The molecule has 0 radical (unpaired) electrons. The Hall–Kier alpha value is -2.47. The quantitative estimate of drug-likeness (QED) is 0.514. The Kier molecular flexibility index (Phi) is 8.39. The third kappa shape index (κ3) is 7.27. The van der Waals surface area contributed by atoms with Crippen LogP contribution in [0.3, 0.4) is 0 Å². The van der Waals surface area contributed by atoms with Crippen molar-refractivity contribution in [3.8, 4) is 0 Å². The molecule has 0 bridgehead atoms. The van der Waals surface area contributed by atoms with Crippen molar-refractivity contribution in [3.05, 3.63) is 59.2 Å². The predicted molar refractivity (Wildman–Crippen MR) is 115 cm³/mol. The summed E-state index contributed by atoms with van der Waals surface area (Å²) in [6.45, 7) is 4.31. The fourth-order valence-electron chi connectivity index (χ4n) is 2.44. The van der Waals surface area contributed by atoms with Crippen LogP contribution in [-0.4, -0.2) is 38.3 Å². The van der Waals surface area contributed by atoms with Crippen LogP contribution in [-0.2, 0) is 20.9 Å². The molecule has 5 nitrogen and oxygen atoms in total. The molecule has 0 unspecified atom stereocenters. The first-order chi connectivity index (χ1) is 13.3. The number of rotatable bonds is 9. The maximum atomic E-state index is 11.9. The van der Waals surface area contributed by atoms with Crippen LogP contribution in [0.4, 0.5) is 5.69 Å². The van der Waals surface area contributed by atoms with Crippen LogP contribution in [0.1, 0.15) is 23.1 Å². The number of nitrogens with zero attached hydrogens (tertiary/aromatic N) is 1. The van der Waals surface area contributed by atoms with Crippen LogP contribution in [0.5, 0.6) is 0 Å². The van der Waals surface area contributed by atoms with Crippen molar-refractivity contribution in [3.63, 3.8) is 0 Å². The number of aryl methyl sites for hydroxylation is 2. The van der Waals surface area contributed by atoms with Gasteiger partial charge >= 0.3 is 5.97 Å². The summed E-state index contributed by atoms with van der Waals surface area (Å²) in [5.41, 5.74) is 4.58. The van der Waals surface area contributed by atoms with Crippen molar-refractivity contribution in [2.75, 3.05) is 31.4 Å². The monoisotopic (exact) mass is 400 g/mol. The molecule has 2 rings (SSSR count). The lowest BCUT2D eigenvalue weighted by Gasteiger charge is -2.13. The second-order valence-electron chi connectivity index (χ2n) is 6.84. The minimum absolute atomic E-state index is 0.247. The minimum Gasteiger partial charge on any atom is -0.456 e. The third-order valence-corrected chi connectivity index (χ3v) is 5.36. The molecule has 0 fully saturated rings. The maximum Gasteiger partial charge on any atom is 0.307 e. The summed E-state index contributed by atoms with van der Waals surface area (Å²) in [4.78, 5) is 26.8. The highest BCUT2D eigenvalue weighted by Crippen LogP contribution is 2.21. The molecule has 150 valence electrons. The van der Waals surface area contributed by atoms with Gasteiger partial charge in [-0.05, 0) is 54.8 Å². The van der Waals surface area contributed by atoms with Crippen LogP contribution < -0.4 is 10.2 Å². The molecule has 1 amide bonds. The van der Waals surface area contributed by atoms with Gasteiger partial charge in [0.15, 0.2) is 6.61 Å². The molecular formula is C22H28N2O3S. The minimum atomic E-state index is -0.359. The zero-order chi connectivity index (χ0) is 20.5.